The van der Waals surface area contributed by atoms with Crippen molar-refractivity contribution in [3.8, 4) is 0 Å². The molecule has 0 bridgehead atoms. The molecule has 0 saturated heterocycles. The molecule has 0 aliphatic heterocycles. The Morgan fingerprint density at radius 2 is 1.80 bits per heavy atom. The number of fused-ring (bicyclic) bond motifs is 1. The van der Waals surface area contributed by atoms with Gasteiger partial charge in [-0.2, -0.15) is 11.8 Å². The number of Topliss-reactive ketones (excluding diaryl/α,β-unsaturated/α-hetero) is 1. The van der Waals surface area contributed by atoms with Gasteiger partial charge in [-0.15, -0.1) is 0 Å². The zero-order valence-electron chi connectivity index (χ0n) is 13.8. The number of carbonyl (C=O) groups excluding carboxylic acids is 2. The quantitative estimate of drug-likeness (QED) is 0.481. The highest BCUT2D eigenvalue weighted by Crippen LogP contribution is 2.19. The minimum absolute atomic E-state index is 0.0402. The number of aromatic nitrogens is 2. The number of imidazole rings is 1. The van der Waals surface area contributed by atoms with Gasteiger partial charge in [-0.25, -0.2) is 4.98 Å². The fraction of sp³-hybridized carbons (Fsp3) is 0.211. The highest BCUT2D eigenvalue weighted by atomic mass is 32.2. The first-order chi connectivity index (χ1) is 12.2. The van der Waals surface area contributed by atoms with Crippen LogP contribution in [0.3, 0.4) is 0 Å². The van der Waals surface area contributed by atoms with Gasteiger partial charge in [0, 0.05) is 5.56 Å². The molecule has 2 aromatic carbocycles. The average molecular weight is 354 g/mol. The van der Waals surface area contributed by atoms with Crippen molar-refractivity contribution in [3.05, 3.63) is 66.0 Å². The van der Waals surface area contributed by atoms with Crippen molar-refractivity contribution < 1.29 is 14.3 Å². The predicted octanol–water partition coefficient (Wildman–Crippen LogP) is 3.33. The van der Waals surface area contributed by atoms with Crippen molar-refractivity contribution >= 4 is 34.5 Å². The first kappa shape index (κ1) is 17.2. The van der Waals surface area contributed by atoms with Crippen LogP contribution in [0.15, 0.2) is 54.6 Å². The molecular formula is C19H18N2O3S. The molecule has 3 rings (SSSR count). The van der Waals surface area contributed by atoms with E-state index in [2.05, 4.69) is 4.98 Å². The lowest BCUT2D eigenvalue weighted by molar-refractivity contribution is -0.143. The largest absolute Gasteiger partial charge is 0.456 e. The summed E-state index contributed by atoms with van der Waals surface area (Å²) >= 11 is 1.64. The lowest BCUT2D eigenvalue weighted by Crippen LogP contribution is -2.19. The SMILES string of the molecule is CSCc1nc2ccccc2n1CC(=O)OCC(=O)c1ccccc1. The van der Waals surface area contributed by atoms with Gasteiger partial charge in [-0.1, -0.05) is 42.5 Å². The van der Waals surface area contributed by atoms with Gasteiger partial charge in [0.15, 0.2) is 12.4 Å². The Labute approximate surface area is 150 Å². The Morgan fingerprint density at radius 1 is 1.08 bits per heavy atom. The first-order valence-corrected chi connectivity index (χ1v) is 9.25. The van der Waals surface area contributed by atoms with E-state index in [1.54, 1.807) is 36.0 Å². The van der Waals surface area contributed by atoms with E-state index < -0.39 is 5.97 Å². The Balaban J connectivity index is 1.69. The van der Waals surface area contributed by atoms with Gasteiger partial charge in [-0.05, 0) is 18.4 Å². The van der Waals surface area contributed by atoms with E-state index in [0.29, 0.717) is 11.3 Å². The first-order valence-electron chi connectivity index (χ1n) is 7.86. The van der Waals surface area contributed by atoms with E-state index in [1.807, 2.05) is 41.2 Å². The third-order valence-corrected chi connectivity index (χ3v) is 4.30. The third kappa shape index (κ3) is 4.09. The molecule has 25 heavy (non-hydrogen) atoms. The van der Waals surface area contributed by atoms with Gasteiger partial charge in [0.25, 0.3) is 0 Å². The van der Waals surface area contributed by atoms with Crippen molar-refractivity contribution in [1.29, 1.82) is 0 Å². The number of esters is 1. The summed E-state index contributed by atoms with van der Waals surface area (Å²) in [5, 5.41) is 0. The van der Waals surface area contributed by atoms with E-state index in [4.69, 9.17) is 4.74 Å². The van der Waals surface area contributed by atoms with Crippen LogP contribution in [-0.4, -0.2) is 34.2 Å². The fourth-order valence-corrected chi connectivity index (χ4v) is 3.05. The molecule has 1 heterocycles. The number of carbonyl (C=O) groups is 2. The lowest BCUT2D eigenvalue weighted by atomic mass is 10.1. The van der Waals surface area contributed by atoms with Crippen LogP contribution in [0.2, 0.25) is 0 Å². The second-order valence-electron chi connectivity index (χ2n) is 5.49. The van der Waals surface area contributed by atoms with Crippen molar-refractivity contribution in [3.63, 3.8) is 0 Å². The Hall–Kier alpha value is -2.60. The predicted molar refractivity (Wildman–Crippen MR) is 98.7 cm³/mol. The smallest absolute Gasteiger partial charge is 0.326 e. The zero-order chi connectivity index (χ0) is 17.6. The van der Waals surface area contributed by atoms with Crippen molar-refractivity contribution in [2.24, 2.45) is 0 Å². The molecule has 1 aromatic heterocycles. The maximum Gasteiger partial charge on any atom is 0.326 e. The van der Waals surface area contributed by atoms with Gasteiger partial charge in [0.05, 0.1) is 16.8 Å². The molecule has 0 fully saturated rings. The second-order valence-corrected chi connectivity index (χ2v) is 6.35. The summed E-state index contributed by atoms with van der Waals surface area (Å²) in [7, 11) is 0. The maximum atomic E-state index is 12.2. The number of rotatable bonds is 7. The molecule has 0 atom stereocenters. The summed E-state index contributed by atoms with van der Waals surface area (Å²) in [4.78, 5) is 28.8. The number of hydrogen-bond acceptors (Lipinski definition) is 5. The number of nitrogens with zero attached hydrogens (tertiary/aromatic N) is 2. The van der Waals surface area contributed by atoms with Gasteiger partial charge in [0.1, 0.15) is 12.4 Å². The summed E-state index contributed by atoms with van der Waals surface area (Å²) in [6, 6.07) is 16.5. The molecule has 5 nitrogen and oxygen atoms in total. The summed E-state index contributed by atoms with van der Waals surface area (Å²) in [6.07, 6.45) is 1.99. The van der Waals surface area contributed by atoms with Crippen molar-refractivity contribution in [2.45, 2.75) is 12.3 Å². The highest BCUT2D eigenvalue weighted by Gasteiger charge is 2.15. The molecule has 3 aromatic rings. The molecule has 6 heteroatoms. The minimum atomic E-state index is -0.449. The summed E-state index contributed by atoms with van der Waals surface area (Å²) < 4.78 is 7.02. The lowest BCUT2D eigenvalue weighted by Gasteiger charge is -2.09. The van der Waals surface area contributed by atoms with E-state index in [-0.39, 0.29) is 18.9 Å². The van der Waals surface area contributed by atoms with Crippen LogP contribution < -0.4 is 0 Å². The normalized spacial score (nSPS) is 10.8. The highest BCUT2D eigenvalue weighted by molar-refractivity contribution is 7.97. The van der Waals surface area contributed by atoms with E-state index in [9.17, 15) is 9.59 Å². The van der Waals surface area contributed by atoms with Crippen LogP contribution in [0.5, 0.6) is 0 Å². The summed E-state index contributed by atoms with van der Waals surface area (Å²) in [5.74, 6) is 0.855. The molecule has 0 amide bonds. The van der Waals surface area contributed by atoms with E-state index >= 15 is 0 Å². The van der Waals surface area contributed by atoms with Gasteiger partial charge >= 0.3 is 5.97 Å². The summed E-state index contributed by atoms with van der Waals surface area (Å²) in [6.45, 7) is -0.216. The maximum absolute atomic E-state index is 12.2. The number of ketones is 1. The van der Waals surface area contributed by atoms with Crippen molar-refractivity contribution in [2.75, 3.05) is 12.9 Å². The molecule has 0 radical (unpaired) electrons. The second kappa shape index (κ2) is 7.98. The number of ether oxygens (including phenoxy) is 1. The van der Waals surface area contributed by atoms with Crippen LogP contribution in [-0.2, 0) is 21.8 Å². The number of hydrogen-bond donors (Lipinski definition) is 0. The van der Waals surface area contributed by atoms with E-state index in [1.165, 1.54) is 0 Å². The standard InChI is InChI=1S/C19H18N2O3S/c1-25-13-18-20-15-9-5-6-10-16(15)21(18)11-19(23)24-12-17(22)14-7-3-2-4-8-14/h2-10H,11-13H2,1H3. The molecule has 0 N–H and O–H groups in total. The van der Waals surface area contributed by atoms with Gasteiger partial charge in [-0.3, -0.25) is 9.59 Å². The minimum Gasteiger partial charge on any atom is -0.456 e. The van der Waals surface area contributed by atoms with Gasteiger partial charge < -0.3 is 9.30 Å². The molecule has 0 aliphatic rings. The van der Waals surface area contributed by atoms with Crippen LogP contribution in [0, 0.1) is 0 Å². The average Bonchev–Trinajstić information content (AvgIpc) is 2.98. The molecular weight excluding hydrogens is 336 g/mol. The Kier molecular flexibility index (Phi) is 5.50. The number of thioether (sulfide) groups is 1. The van der Waals surface area contributed by atoms with E-state index in [0.717, 1.165) is 16.9 Å². The zero-order valence-corrected chi connectivity index (χ0v) is 14.7. The molecule has 0 unspecified atom stereocenters. The third-order valence-electron chi connectivity index (χ3n) is 3.75. The summed E-state index contributed by atoms with van der Waals surface area (Å²) in [5.41, 5.74) is 2.27. The number of para-hydroxylation sites is 2. The van der Waals surface area contributed by atoms with Crippen LogP contribution in [0.1, 0.15) is 16.2 Å². The van der Waals surface area contributed by atoms with Gasteiger partial charge in [0.2, 0.25) is 0 Å². The van der Waals surface area contributed by atoms with Crippen LogP contribution in [0.25, 0.3) is 11.0 Å². The van der Waals surface area contributed by atoms with Crippen LogP contribution in [0.4, 0.5) is 0 Å². The molecule has 0 aliphatic carbocycles. The van der Waals surface area contributed by atoms with Crippen molar-refractivity contribution in [1.82, 2.24) is 9.55 Å². The molecule has 0 spiro atoms. The molecule has 0 saturated carbocycles. The molecule has 128 valence electrons. The van der Waals surface area contributed by atoms with Crippen LogP contribution >= 0.6 is 11.8 Å². The fourth-order valence-electron chi connectivity index (χ4n) is 2.57. The Bertz CT molecular complexity index is 890. The number of benzene rings is 2. The monoisotopic (exact) mass is 354 g/mol. The topological polar surface area (TPSA) is 61.2 Å². The Morgan fingerprint density at radius 3 is 2.56 bits per heavy atom.